The van der Waals surface area contributed by atoms with Crippen LogP contribution in [0.15, 0.2) is 0 Å². The molecular weight excluding hydrogens is 222 g/mol. The number of hydrogen-bond acceptors (Lipinski definition) is 2. The van der Waals surface area contributed by atoms with Gasteiger partial charge in [0.15, 0.2) is 0 Å². The fourth-order valence-corrected chi connectivity index (χ4v) is 5.95. The van der Waals surface area contributed by atoms with Gasteiger partial charge < -0.3 is 10.8 Å². The van der Waals surface area contributed by atoms with Crippen molar-refractivity contribution in [2.45, 2.75) is 64.4 Å². The summed E-state index contributed by atoms with van der Waals surface area (Å²) >= 11 is 0. The maximum absolute atomic E-state index is 11.4. The summed E-state index contributed by atoms with van der Waals surface area (Å²) in [6.45, 7) is 5.31. The average molecular weight is 251 g/mol. The van der Waals surface area contributed by atoms with E-state index in [4.69, 9.17) is 5.73 Å². The normalized spacial score (nSPS) is 56.0. The highest BCUT2D eigenvalue weighted by Crippen LogP contribution is 2.63. The zero-order valence-corrected chi connectivity index (χ0v) is 12.0. The van der Waals surface area contributed by atoms with Crippen molar-refractivity contribution in [2.24, 2.45) is 34.8 Å². The van der Waals surface area contributed by atoms with Crippen molar-refractivity contribution in [3.05, 3.63) is 0 Å². The van der Waals surface area contributed by atoms with Gasteiger partial charge in [-0.15, -0.1) is 0 Å². The van der Waals surface area contributed by atoms with Gasteiger partial charge in [0.1, 0.15) is 0 Å². The summed E-state index contributed by atoms with van der Waals surface area (Å²) < 4.78 is 0. The molecule has 104 valence electrons. The van der Waals surface area contributed by atoms with E-state index in [1.807, 2.05) is 0 Å². The molecule has 3 saturated carbocycles. The van der Waals surface area contributed by atoms with E-state index < -0.39 is 5.60 Å². The predicted molar refractivity (Wildman–Crippen MR) is 74.1 cm³/mol. The van der Waals surface area contributed by atoms with E-state index in [2.05, 4.69) is 13.8 Å². The van der Waals surface area contributed by atoms with Crippen LogP contribution in [0.3, 0.4) is 0 Å². The quantitative estimate of drug-likeness (QED) is 0.792. The molecule has 2 heteroatoms. The molecule has 18 heavy (non-hydrogen) atoms. The lowest BCUT2D eigenvalue weighted by atomic mass is 9.55. The van der Waals surface area contributed by atoms with Gasteiger partial charge >= 0.3 is 0 Å². The van der Waals surface area contributed by atoms with Crippen LogP contribution >= 0.6 is 0 Å². The number of hydrogen-bond donors (Lipinski definition) is 2. The Morgan fingerprint density at radius 2 is 1.72 bits per heavy atom. The number of rotatable bonds is 2. The molecule has 5 atom stereocenters. The first-order valence-electron chi connectivity index (χ1n) is 7.91. The number of nitrogens with two attached hydrogens (primary N) is 1. The van der Waals surface area contributed by atoms with Crippen LogP contribution in [0.1, 0.15) is 58.8 Å². The molecule has 3 fully saturated rings. The second-order valence-electron chi connectivity index (χ2n) is 7.83. The maximum Gasteiger partial charge on any atom is 0.0723 e. The molecule has 0 saturated heterocycles. The summed E-state index contributed by atoms with van der Waals surface area (Å²) in [5.41, 5.74) is 5.78. The van der Waals surface area contributed by atoms with E-state index >= 15 is 0 Å². The lowest BCUT2D eigenvalue weighted by Crippen LogP contribution is -2.58. The Labute approximate surface area is 111 Å². The molecule has 0 aromatic heterocycles. The molecule has 0 aromatic carbocycles. The van der Waals surface area contributed by atoms with E-state index in [0.717, 1.165) is 18.8 Å². The van der Waals surface area contributed by atoms with Gasteiger partial charge in [-0.25, -0.2) is 0 Å². The third-order valence-electron chi connectivity index (χ3n) is 6.44. The third-order valence-corrected chi connectivity index (χ3v) is 6.44. The fourth-order valence-electron chi connectivity index (χ4n) is 5.95. The van der Waals surface area contributed by atoms with Gasteiger partial charge in [-0.1, -0.05) is 20.3 Å². The highest BCUT2D eigenvalue weighted by Gasteiger charge is 2.61. The molecule has 5 unspecified atom stereocenters. The molecule has 3 N–H and O–H groups in total. The van der Waals surface area contributed by atoms with Crippen molar-refractivity contribution in [1.29, 1.82) is 0 Å². The van der Waals surface area contributed by atoms with Crippen LogP contribution in [0.2, 0.25) is 0 Å². The Morgan fingerprint density at radius 3 is 2.17 bits per heavy atom. The minimum Gasteiger partial charge on any atom is -0.389 e. The van der Waals surface area contributed by atoms with Crippen molar-refractivity contribution in [2.75, 3.05) is 6.54 Å². The van der Waals surface area contributed by atoms with Crippen molar-refractivity contribution in [3.63, 3.8) is 0 Å². The largest absolute Gasteiger partial charge is 0.389 e. The lowest BCUT2D eigenvalue weighted by molar-refractivity contribution is -0.150. The molecule has 0 aromatic rings. The topological polar surface area (TPSA) is 46.2 Å². The summed E-state index contributed by atoms with van der Waals surface area (Å²) in [7, 11) is 0. The Hall–Kier alpha value is -0.0800. The summed E-state index contributed by atoms with van der Waals surface area (Å²) in [4.78, 5) is 0. The Morgan fingerprint density at radius 1 is 1.06 bits per heavy atom. The van der Waals surface area contributed by atoms with Crippen LogP contribution in [0.4, 0.5) is 0 Å². The van der Waals surface area contributed by atoms with Crippen molar-refractivity contribution < 1.29 is 5.11 Å². The minimum absolute atomic E-state index is 0.0544. The van der Waals surface area contributed by atoms with E-state index in [9.17, 15) is 5.11 Å². The van der Waals surface area contributed by atoms with Crippen LogP contribution in [-0.2, 0) is 0 Å². The van der Waals surface area contributed by atoms with E-state index in [1.54, 1.807) is 0 Å². The first-order chi connectivity index (χ1) is 8.49. The van der Waals surface area contributed by atoms with E-state index in [1.165, 1.54) is 32.1 Å². The Bertz CT molecular complexity index is 319. The summed E-state index contributed by atoms with van der Waals surface area (Å²) in [5, 5.41) is 11.4. The van der Waals surface area contributed by atoms with Gasteiger partial charge in [-0.2, -0.15) is 0 Å². The minimum atomic E-state index is -0.474. The monoisotopic (exact) mass is 251 g/mol. The predicted octanol–water partition coefficient (Wildman–Crippen LogP) is 2.94. The van der Waals surface area contributed by atoms with Gasteiger partial charge in [-0.05, 0) is 62.2 Å². The SMILES string of the molecule is CC1CC(C)CC(O)(C2(CN)CC3CCC2C3)C1. The van der Waals surface area contributed by atoms with Crippen molar-refractivity contribution in [1.82, 2.24) is 0 Å². The third kappa shape index (κ3) is 1.68. The highest BCUT2D eigenvalue weighted by molar-refractivity contribution is 5.12. The summed E-state index contributed by atoms with van der Waals surface area (Å²) in [6.07, 6.45) is 8.47. The lowest BCUT2D eigenvalue weighted by Gasteiger charge is -2.54. The van der Waals surface area contributed by atoms with Crippen LogP contribution in [0, 0.1) is 29.1 Å². The Kier molecular flexibility index (Phi) is 3.02. The number of fused-ring (bicyclic) bond motifs is 2. The van der Waals surface area contributed by atoms with E-state index in [0.29, 0.717) is 24.3 Å². The molecular formula is C16H29NO. The van der Waals surface area contributed by atoms with Gasteiger partial charge in [0.2, 0.25) is 0 Å². The van der Waals surface area contributed by atoms with Gasteiger partial charge in [0.25, 0.3) is 0 Å². The van der Waals surface area contributed by atoms with Gasteiger partial charge in [0, 0.05) is 12.0 Å². The van der Waals surface area contributed by atoms with Crippen molar-refractivity contribution >= 4 is 0 Å². The maximum atomic E-state index is 11.4. The second kappa shape index (κ2) is 4.21. The average Bonchev–Trinajstić information content (AvgIpc) is 2.86. The summed E-state index contributed by atoms with van der Waals surface area (Å²) in [6, 6.07) is 0. The number of aliphatic hydroxyl groups is 1. The zero-order chi connectivity index (χ0) is 13.0. The van der Waals surface area contributed by atoms with Gasteiger partial charge in [-0.3, -0.25) is 0 Å². The van der Waals surface area contributed by atoms with Crippen LogP contribution in [0.5, 0.6) is 0 Å². The zero-order valence-electron chi connectivity index (χ0n) is 12.0. The first kappa shape index (κ1) is 12.9. The molecule has 3 aliphatic carbocycles. The van der Waals surface area contributed by atoms with Crippen LogP contribution < -0.4 is 5.73 Å². The van der Waals surface area contributed by atoms with Gasteiger partial charge in [0.05, 0.1) is 5.60 Å². The molecule has 0 amide bonds. The highest BCUT2D eigenvalue weighted by atomic mass is 16.3. The molecule has 0 heterocycles. The van der Waals surface area contributed by atoms with Crippen molar-refractivity contribution in [3.8, 4) is 0 Å². The van der Waals surface area contributed by atoms with Crippen LogP contribution in [0.25, 0.3) is 0 Å². The molecule has 0 spiro atoms. The summed E-state index contributed by atoms with van der Waals surface area (Å²) in [5.74, 6) is 2.87. The molecule has 3 rings (SSSR count). The second-order valence-corrected chi connectivity index (χ2v) is 7.83. The molecule has 2 nitrogen and oxygen atoms in total. The standard InChI is InChI=1S/C16H29NO/c1-11-5-12(2)8-16(18,7-11)15(10-17)9-13-3-4-14(15)6-13/h11-14,18H,3-10,17H2,1-2H3. The fraction of sp³-hybridized carbons (Fsp3) is 1.00. The molecule has 0 aliphatic heterocycles. The first-order valence-corrected chi connectivity index (χ1v) is 7.91. The molecule has 3 aliphatic rings. The Balaban J connectivity index is 1.91. The van der Waals surface area contributed by atoms with Crippen LogP contribution in [-0.4, -0.2) is 17.3 Å². The smallest absolute Gasteiger partial charge is 0.0723 e. The molecule has 0 radical (unpaired) electrons. The van der Waals surface area contributed by atoms with E-state index in [-0.39, 0.29) is 5.41 Å². The molecule has 2 bridgehead atoms.